The third kappa shape index (κ3) is 4.14. The van der Waals surface area contributed by atoms with Crippen molar-refractivity contribution in [2.45, 2.75) is 29.9 Å². The quantitative estimate of drug-likeness (QED) is 0.345. The van der Waals surface area contributed by atoms with Crippen molar-refractivity contribution in [2.24, 2.45) is 0 Å². The molecule has 1 aliphatic rings. The molecule has 0 spiro atoms. The molecule has 7 nitrogen and oxygen atoms in total. The minimum atomic E-state index is -0.0856. The van der Waals surface area contributed by atoms with Crippen LogP contribution in [0.5, 0.6) is 0 Å². The molecule has 5 aromatic rings. The fourth-order valence-corrected chi connectivity index (χ4v) is 5.68. The molecule has 1 aliphatic heterocycles. The number of hydrogen-bond acceptors (Lipinski definition) is 5. The van der Waals surface area contributed by atoms with Gasteiger partial charge in [-0.25, -0.2) is 9.78 Å². The van der Waals surface area contributed by atoms with Crippen molar-refractivity contribution in [2.75, 3.05) is 13.1 Å². The first kappa shape index (κ1) is 21.7. The van der Waals surface area contributed by atoms with E-state index >= 15 is 0 Å². The van der Waals surface area contributed by atoms with Crippen LogP contribution in [0, 0.1) is 0 Å². The summed E-state index contributed by atoms with van der Waals surface area (Å²) in [5, 5.41) is 0.596. The Labute approximate surface area is 205 Å². The predicted octanol–water partition coefficient (Wildman–Crippen LogP) is 5.24. The number of piperidine rings is 1. The number of aromatic amines is 1. The van der Waals surface area contributed by atoms with Gasteiger partial charge in [0.05, 0.1) is 11.0 Å². The lowest BCUT2D eigenvalue weighted by Gasteiger charge is -2.33. The number of nitrogens with one attached hydrogen (secondary N) is 1. The first-order valence-electron chi connectivity index (χ1n) is 11.7. The molecule has 0 aliphatic carbocycles. The number of thioether (sulfide) groups is 1. The van der Waals surface area contributed by atoms with E-state index in [9.17, 15) is 9.59 Å². The van der Waals surface area contributed by atoms with E-state index in [-0.39, 0.29) is 17.6 Å². The van der Waals surface area contributed by atoms with Crippen molar-refractivity contribution < 1.29 is 9.21 Å². The second-order valence-corrected chi connectivity index (χ2v) is 9.66. The predicted molar refractivity (Wildman–Crippen MR) is 137 cm³/mol. The van der Waals surface area contributed by atoms with Crippen molar-refractivity contribution in [1.29, 1.82) is 0 Å². The van der Waals surface area contributed by atoms with Crippen LogP contribution in [0.3, 0.4) is 0 Å². The number of fused-ring (bicyclic) bond motifs is 2. The van der Waals surface area contributed by atoms with Crippen LogP contribution >= 0.6 is 11.8 Å². The second kappa shape index (κ2) is 9.11. The standard InChI is InChI=1S/C27H24N4O3S/c32-25(30-15-13-19(14-16-30)31-23-11-5-3-9-21(23)28-26(31)33)20-8-2-1-7-18(20)17-35-27-29-22-10-4-6-12-24(22)34-27/h1-12,19H,13-17H2,(H,28,33). The minimum absolute atomic E-state index is 0.0310. The highest BCUT2D eigenvalue weighted by Gasteiger charge is 2.27. The summed E-state index contributed by atoms with van der Waals surface area (Å²) in [7, 11) is 0. The molecule has 35 heavy (non-hydrogen) atoms. The Hall–Kier alpha value is -3.78. The monoisotopic (exact) mass is 484 g/mol. The molecule has 0 radical (unpaired) electrons. The van der Waals surface area contributed by atoms with Crippen LogP contribution in [0.15, 0.2) is 87.2 Å². The Morgan fingerprint density at radius 3 is 2.60 bits per heavy atom. The number of aromatic nitrogens is 3. The first-order valence-corrected chi connectivity index (χ1v) is 12.7. The van der Waals surface area contributed by atoms with E-state index in [1.807, 2.05) is 82.3 Å². The molecule has 0 unspecified atom stereocenters. The molecule has 0 atom stereocenters. The molecule has 1 amide bonds. The molecule has 1 fully saturated rings. The Morgan fingerprint density at radius 2 is 1.74 bits per heavy atom. The summed E-state index contributed by atoms with van der Waals surface area (Å²) >= 11 is 1.49. The highest BCUT2D eigenvalue weighted by Crippen LogP contribution is 2.29. The Balaban J connectivity index is 1.15. The largest absolute Gasteiger partial charge is 0.431 e. The summed E-state index contributed by atoms with van der Waals surface area (Å²) in [6.07, 6.45) is 1.49. The lowest BCUT2D eigenvalue weighted by molar-refractivity contribution is 0.0694. The number of carbonyl (C=O) groups excluding carboxylic acids is 1. The number of hydrogen-bond donors (Lipinski definition) is 1. The van der Waals surface area contributed by atoms with Gasteiger partial charge in [-0.2, -0.15) is 0 Å². The molecule has 1 N–H and O–H groups in total. The van der Waals surface area contributed by atoms with Gasteiger partial charge in [-0.15, -0.1) is 0 Å². The Morgan fingerprint density at radius 1 is 1.00 bits per heavy atom. The molecule has 0 bridgehead atoms. The maximum Gasteiger partial charge on any atom is 0.326 e. The number of amides is 1. The molecule has 3 aromatic carbocycles. The number of benzene rings is 3. The summed E-state index contributed by atoms with van der Waals surface area (Å²) in [4.78, 5) is 35.4. The van der Waals surface area contributed by atoms with E-state index in [0.717, 1.165) is 40.5 Å². The molecule has 0 saturated carbocycles. The highest BCUT2D eigenvalue weighted by molar-refractivity contribution is 7.98. The van der Waals surface area contributed by atoms with E-state index < -0.39 is 0 Å². The van der Waals surface area contributed by atoms with E-state index in [1.54, 1.807) is 0 Å². The lowest BCUT2D eigenvalue weighted by atomic mass is 10.0. The number of H-pyrrole nitrogens is 1. The van der Waals surface area contributed by atoms with Gasteiger partial charge in [-0.3, -0.25) is 9.36 Å². The molecule has 2 aromatic heterocycles. The molecular weight excluding hydrogens is 460 g/mol. The van der Waals surface area contributed by atoms with Gasteiger partial charge in [0.2, 0.25) is 0 Å². The maximum absolute atomic E-state index is 13.4. The molecular formula is C27H24N4O3S. The van der Waals surface area contributed by atoms with Crippen molar-refractivity contribution >= 4 is 39.8 Å². The minimum Gasteiger partial charge on any atom is -0.431 e. The van der Waals surface area contributed by atoms with E-state index in [1.165, 1.54) is 11.8 Å². The zero-order chi connectivity index (χ0) is 23.8. The average Bonchev–Trinajstić information content (AvgIpc) is 3.47. The number of para-hydroxylation sites is 4. The van der Waals surface area contributed by atoms with Gasteiger partial charge in [0.25, 0.3) is 11.1 Å². The average molecular weight is 485 g/mol. The van der Waals surface area contributed by atoms with Crippen LogP contribution in [0.4, 0.5) is 0 Å². The van der Waals surface area contributed by atoms with Crippen LogP contribution in [0.2, 0.25) is 0 Å². The van der Waals surface area contributed by atoms with Gasteiger partial charge in [0.15, 0.2) is 5.58 Å². The topological polar surface area (TPSA) is 84.1 Å². The van der Waals surface area contributed by atoms with Crippen molar-refractivity contribution in [1.82, 2.24) is 19.4 Å². The number of oxazole rings is 1. The van der Waals surface area contributed by atoms with Gasteiger partial charge < -0.3 is 14.3 Å². The van der Waals surface area contributed by atoms with Gasteiger partial charge in [0.1, 0.15) is 5.52 Å². The summed E-state index contributed by atoms with van der Waals surface area (Å²) in [6, 6.07) is 23.2. The lowest BCUT2D eigenvalue weighted by Crippen LogP contribution is -2.40. The van der Waals surface area contributed by atoms with E-state index in [2.05, 4.69) is 9.97 Å². The molecule has 3 heterocycles. The number of likely N-dealkylation sites (tertiary alicyclic amines) is 1. The zero-order valence-electron chi connectivity index (χ0n) is 19.0. The van der Waals surface area contributed by atoms with Gasteiger partial charge in [0, 0.05) is 30.4 Å². The van der Waals surface area contributed by atoms with Crippen LogP contribution in [0.25, 0.3) is 22.1 Å². The smallest absolute Gasteiger partial charge is 0.326 e. The van der Waals surface area contributed by atoms with Gasteiger partial charge in [-0.05, 0) is 48.7 Å². The third-order valence-electron chi connectivity index (χ3n) is 6.61. The normalized spacial score (nSPS) is 14.7. The van der Waals surface area contributed by atoms with Crippen LogP contribution in [-0.2, 0) is 5.75 Å². The van der Waals surface area contributed by atoms with Gasteiger partial charge in [-0.1, -0.05) is 54.2 Å². The molecule has 8 heteroatoms. The van der Waals surface area contributed by atoms with Crippen molar-refractivity contribution in [3.63, 3.8) is 0 Å². The van der Waals surface area contributed by atoms with Crippen LogP contribution in [0.1, 0.15) is 34.8 Å². The van der Waals surface area contributed by atoms with Crippen molar-refractivity contribution in [3.8, 4) is 0 Å². The fourth-order valence-electron chi connectivity index (χ4n) is 4.84. The summed E-state index contributed by atoms with van der Waals surface area (Å²) in [5.74, 6) is 0.624. The van der Waals surface area contributed by atoms with Crippen molar-refractivity contribution in [3.05, 3.63) is 94.4 Å². The number of rotatable bonds is 5. The maximum atomic E-state index is 13.4. The Kier molecular flexibility index (Phi) is 5.66. The number of imidazole rings is 1. The number of carbonyl (C=O) groups is 1. The second-order valence-electron chi connectivity index (χ2n) is 8.73. The van der Waals surface area contributed by atoms with Crippen LogP contribution < -0.4 is 5.69 Å². The fraction of sp³-hybridized carbons (Fsp3) is 0.222. The number of nitrogens with zero attached hydrogens (tertiary/aromatic N) is 3. The summed E-state index contributed by atoms with van der Waals surface area (Å²) in [6.45, 7) is 1.23. The zero-order valence-corrected chi connectivity index (χ0v) is 19.8. The Bertz CT molecular complexity index is 1540. The van der Waals surface area contributed by atoms with Gasteiger partial charge >= 0.3 is 5.69 Å². The van der Waals surface area contributed by atoms with Crippen LogP contribution in [-0.4, -0.2) is 38.4 Å². The molecule has 1 saturated heterocycles. The summed E-state index contributed by atoms with van der Waals surface area (Å²) < 4.78 is 7.67. The third-order valence-corrected chi connectivity index (χ3v) is 7.49. The highest BCUT2D eigenvalue weighted by atomic mass is 32.2. The van der Waals surface area contributed by atoms with E-state index in [0.29, 0.717) is 29.6 Å². The molecule has 176 valence electrons. The SMILES string of the molecule is O=C(c1ccccc1CSc1nc2ccccc2o1)N1CCC(n2c(=O)[nH]c3ccccc32)CC1. The van der Waals surface area contributed by atoms with E-state index in [4.69, 9.17) is 4.42 Å². The first-order chi connectivity index (χ1) is 17.2. The molecule has 6 rings (SSSR count). The summed E-state index contributed by atoms with van der Waals surface area (Å²) in [5.41, 5.74) is 4.94.